The number of carboxylic acid groups (broad SMARTS) is 1. The number of aliphatic hydroxyl groups excluding tert-OH is 1. The van der Waals surface area contributed by atoms with Crippen molar-refractivity contribution in [1.82, 2.24) is 10.2 Å². The van der Waals surface area contributed by atoms with E-state index in [1.54, 1.807) is 31.2 Å². The van der Waals surface area contributed by atoms with E-state index in [-0.39, 0.29) is 19.0 Å². The van der Waals surface area contributed by atoms with E-state index in [0.717, 1.165) is 10.5 Å². The Labute approximate surface area is 127 Å². The molecule has 3 N–H and O–H groups in total. The van der Waals surface area contributed by atoms with E-state index >= 15 is 0 Å². The van der Waals surface area contributed by atoms with Crippen LogP contribution in [0.3, 0.4) is 0 Å². The van der Waals surface area contributed by atoms with Gasteiger partial charge < -0.3 is 20.4 Å². The first-order valence-corrected chi connectivity index (χ1v) is 6.99. The third kappa shape index (κ3) is 3.65. The summed E-state index contributed by atoms with van der Waals surface area (Å²) in [6.07, 6.45) is -0.749. The summed E-state index contributed by atoms with van der Waals surface area (Å²) in [6.45, 7) is 1.82. The van der Waals surface area contributed by atoms with E-state index in [1.807, 2.05) is 0 Å². The number of aliphatic carboxylic acids is 1. The summed E-state index contributed by atoms with van der Waals surface area (Å²) in [4.78, 5) is 24.4. The number of benzene rings is 1. The van der Waals surface area contributed by atoms with E-state index in [1.165, 1.54) is 0 Å². The number of halogens is 1. The van der Waals surface area contributed by atoms with Crippen molar-refractivity contribution < 1.29 is 19.8 Å². The second-order valence-electron chi connectivity index (χ2n) is 5.12. The quantitative estimate of drug-likeness (QED) is 0.791. The first kappa shape index (κ1) is 15.6. The molecule has 0 spiro atoms. The van der Waals surface area contributed by atoms with Gasteiger partial charge in [-0.1, -0.05) is 23.7 Å². The van der Waals surface area contributed by atoms with Crippen molar-refractivity contribution in [3.8, 4) is 0 Å². The summed E-state index contributed by atoms with van der Waals surface area (Å²) in [6, 6.07) is 5.25. The molecule has 1 aliphatic rings. The number of aliphatic hydroxyl groups is 1. The Morgan fingerprint density at radius 2 is 2.00 bits per heavy atom. The SMILES string of the molecule is CC(NC(=O)N1C[C@@H](O)C[C@H]1C(=O)O)c1ccc(Cl)cc1. The number of urea groups is 1. The molecule has 6 nitrogen and oxygen atoms in total. The molecule has 1 aromatic carbocycles. The van der Waals surface area contributed by atoms with Gasteiger partial charge in [-0.2, -0.15) is 0 Å². The highest BCUT2D eigenvalue weighted by Gasteiger charge is 2.39. The summed E-state index contributed by atoms with van der Waals surface area (Å²) in [5.74, 6) is -1.11. The van der Waals surface area contributed by atoms with Gasteiger partial charge in [-0.25, -0.2) is 9.59 Å². The van der Waals surface area contributed by atoms with Gasteiger partial charge in [-0.05, 0) is 24.6 Å². The van der Waals surface area contributed by atoms with Gasteiger partial charge in [0.1, 0.15) is 6.04 Å². The van der Waals surface area contributed by atoms with Crippen molar-refractivity contribution in [3.05, 3.63) is 34.9 Å². The van der Waals surface area contributed by atoms with Crippen LogP contribution in [0.4, 0.5) is 4.79 Å². The van der Waals surface area contributed by atoms with Crippen LogP contribution in [0.25, 0.3) is 0 Å². The number of hydrogen-bond acceptors (Lipinski definition) is 3. The van der Waals surface area contributed by atoms with E-state index in [9.17, 15) is 14.7 Å². The van der Waals surface area contributed by atoms with Crippen LogP contribution >= 0.6 is 11.6 Å². The van der Waals surface area contributed by atoms with Gasteiger partial charge in [0, 0.05) is 18.0 Å². The lowest BCUT2D eigenvalue weighted by Gasteiger charge is -2.24. The van der Waals surface area contributed by atoms with E-state index in [2.05, 4.69) is 5.32 Å². The summed E-state index contributed by atoms with van der Waals surface area (Å²) >= 11 is 5.81. The Morgan fingerprint density at radius 3 is 2.57 bits per heavy atom. The third-order valence-electron chi connectivity index (χ3n) is 3.53. The van der Waals surface area contributed by atoms with Crippen LogP contribution in [-0.4, -0.2) is 45.8 Å². The topological polar surface area (TPSA) is 89.9 Å². The molecular formula is C14H17ClN2O4. The van der Waals surface area contributed by atoms with Crippen LogP contribution in [0.2, 0.25) is 5.02 Å². The molecular weight excluding hydrogens is 296 g/mol. The largest absolute Gasteiger partial charge is 0.480 e. The number of amides is 2. The predicted molar refractivity (Wildman–Crippen MR) is 77.2 cm³/mol. The van der Waals surface area contributed by atoms with Crippen molar-refractivity contribution in [3.63, 3.8) is 0 Å². The predicted octanol–water partition coefficient (Wildman–Crippen LogP) is 1.63. The molecule has 0 aliphatic carbocycles. The Bertz CT molecular complexity index is 534. The van der Waals surface area contributed by atoms with Crippen LogP contribution in [0.5, 0.6) is 0 Å². The van der Waals surface area contributed by atoms with Gasteiger partial charge in [-0.15, -0.1) is 0 Å². The lowest BCUT2D eigenvalue weighted by atomic mass is 10.1. The highest BCUT2D eigenvalue weighted by atomic mass is 35.5. The molecule has 1 aliphatic heterocycles. The molecule has 2 amide bonds. The second-order valence-corrected chi connectivity index (χ2v) is 5.56. The fraction of sp³-hybridized carbons (Fsp3) is 0.429. The van der Waals surface area contributed by atoms with Crippen molar-refractivity contribution in [2.45, 2.75) is 31.5 Å². The number of β-amino-alcohol motifs (C(OH)–C–C–N with tert-alkyl or cyclic N) is 1. The Kier molecular flexibility index (Phi) is 4.69. The zero-order valence-corrected chi connectivity index (χ0v) is 12.2. The van der Waals surface area contributed by atoms with Crippen molar-refractivity contribution in [2.24, 2.45) is 0 Å². The number of nitrogens with zero attached hydrogens (tertiary/aromatic N) is 1. The molecule has 1 heterocycles. The molecule has 0 aromatic heterocycles. The average Bonchev–Trinajstić information content (AvgIpc) is 2.82. The van der Waals surface area contributed by atoms with Crippen LogP contribution in [-0.2, 0) is 4.79 Å². The first-order chi connectivity index (χ1) is 9.88. The summed E-state index contributed by atoms with van der Waals surface area (Å²) in [7, 11) is 0. The highest BCUT2D eigenvalue weighted by Crippen LogP contribution is 2.20. The second kappa shape index (κ2) is 6.32. The standard InChI is InChI=1S/C14H17ClN2O4/c1-8(9-2-4-10(15)5-3-9)16-14(21)17-7-11(18)6-12(17)13(19)20/h2-5,8,11-12,18H,6-7H2,1H3,(H,16,21)(H,19,20)/t8?,11-,12-/m0/s1. The number of likely N-dealkylation sites (tertiary alicyclic amines) is 1. The molecule has 0 radical (unpaired) electrons. The normalized spacial score (nSPS) is 22.9. The fourth-order valence-electron chi connectivity index (χ4n) is 2.38. The minimum Gasteiger partial charge on any atom is -0.480 e. The van der Waals surface area contributed by atoms with Crippen LogP contribution in [0.15, 0.2) is 24.3 Å². The summed E-state index contributed by atoms with van der Waals surface area (Å²) in [5.41, 5.74) is 0.861. The number of nitrogens with one attached hydrogen (secondary N) is 1. The van der Waals surface area contributed by atoms with E-state index in [0.29, 0.717) is 5.02 Å². The molecule has 114 valence electrons. The third-order valence-corrected chi connectivity index (χ3v) is 3.79. The monoisotopic (exact) mass is 312 g/mol. The van der Waals surface area contributed by atoms with Crippen LogP contribution in [0, 0.1) is 0 Å². The molecule has 7 heteroatoms. The van der Waals surface area contributed by atoms with Gasteiger partial charge >= 0.3 is 12.0 Å². The molecule has 1 aromatic rings. The van der Waals surface area contributed by atoms with Gasteiger partial charge in [0.15, 0.2) is 0 Å². The molecule has 0 saturated carbocycles. The molecule has 1 saturated heterocycles. The summed E-state index contributed by atoms with van der Waals surface area (Å²) < 4.78 is 0. The van der Waals surface area contributed by atoms with Crippen LogP contribution in [0.1, 0.15) is 24.9 Å². The number of rotatable bonds is 3. The fourth-order valence-corrected chi connectivity index (χ4v) is 2.50. The van der Waals surface area contributed by atoms with Gasteiger partial charge in [0.25, 0.3) is 0 Å². The molecule has 21 heavy (non-hydrogen) atoms. The molecule has 3 atom stereocenters. The lowest BCUT2D eigenvalue weighted by Crippen LogP contribution is -2.46. The zero-order valence-electron chi connectivity index (χ0n) is 11.5. The summed E-state index contributed by atoms with van der Waals surface area (Å²) in [5, 5.41) is 22.0. The average molecular weight is 313 g/mol. The van der Waals surface area contributed by atoms with E-state index < -0.39 is 24.1 Å². The smallest absolute Gasteiger partial charge is 0.326 e. The van der Waals surface area contributed by atoms with Crippen molar-refractivity contribution in [1.29, 1.82) is 0 Å². The molecule has 1 fully saturated rings. The number of carbonyl (C=O) groups excluding carboxylic acids is 1. The maximum atomic E-state index is 12.2. The minimum atomic E-state index is -1.11. The van der Waals surface area contributed by atoms with Gasteiger partial charge in [-0.3, -0.25) is 0 Å². The highest BCUT2D eigenvalue weighted by molar-refractivity contribution is 6.30. The number of hydrogen-bond donors (Lipinski definition) is 3. The van der Waals surface area contributed by atoms with Gasteiger partial charge in [0.05, 0.1) is 12.1 Å². The molecule has 0 bridgehead atoms. The van der Waals surface area contributed by atoms with Crippen molar-refractivity contribution >= 4 is 23.6 Å². The molecule has 2 rings (SSSR count). The Balaban J connectivity index is 2.03. The minimum absolute atomic E-state index is 0.0239. The zero-order chi connectivity index (χ0) is 15.6. The first-order valence-electron chi connectivity index (χ1n) is 6.62. The molecule has 1 unspecified atom stereocenters. The Hall–Kier alpha value is -1.79. The number of carbonyl (C=O) groups is 2. The van der Waals surface area contributed by atoms with Crippen molar-refractivity contribution in [2.75, 3.05) is 6.54 Å². The Morgan fingerprint density at radius 1 is 1.38 bits per heavy atom. The maximum absolute atomic E-state index is 12.2. The number of carboxylic acids is 1. The lowest BCUT2D eigenvalue weighted by molar-refractivity contribution is -0.141. The van der Waals surface area contributed by atoms with Crippen LogP contribution < -0.4 is 5.32 Å². The van der Waals surface area contributed by atoms with E-state index in [4.69, 9.17) is 16.7 Å². The van der Waals surface area contributed by atoms with Gasteiger partial charge in [0.2, 0.25) is 0 Å². The maximum Gasteiger partial charge on any atom is 0.326 e.